The average Bonchev–Trinajstić information content (AvgIpc) is 2.21. The zero-order valence-corrected chi connectivity index (χ0v) is 9.55. The Morgan fingerprint density at radius 2 is 1.86 bits per heavy atom. The van der Waals surface area contributed by atoms with Crippen LogP contribution in [0.15, 0.2) is 30.3 Å². The van der Waals surface area contributed by atoms with Gasteiger partial charge in [-0.3, -0.25) is 4.79 Å². The lowest BCUT2D eigenvalue weighted by Gasteiger charge is -1.89. The van der Waals surface area contributed by atoms with E-state index in [0.717, 1.165) is 17.9 Å². The minimum atomic E-state index is 0.121. The van der Waals surface area contributed by atoms with Crippen LogP contribution in [0.1, 0.15) is 37.0 Å². The summed E-state index contributed by atoms with van der Waals surface area (Å²) in [5.74, 6) is 0.937. The smallest absolute Gasteiger partial charge is 0.159 e. The number of hydrogen-bond donors (Lipinski definition) is 0. The fourth-order valence-corrected chi connectivity index (χ4v) is 1.07. The Bertz CT molecular complexity index is 242. The van der Waals surface area contributed by atoms with Crippen molar-refractivity contribution in [1.29, 1.82) is 0 Å². The third kappa shape index (κ3) is 6.67. The Morgan fingerprint density at radius 3 is 2.07 bits per heavy atom. The number of alkyl halides is 1. The van der Waals surface area contributed by atoms with Gasteiger partial charge in [0.05, 0.1) is 0 Å². The van der Waals surface area contributed by atoms with E-state index in [1.54, 1.807) is 6.92 Å². The molecular formula is C12H17ClO. The minimum absolute atomic E-state index is 0.121. The number of benzene rings is 1. The molecule has 1 nitrogen and oxygen atoms in total. The summed E-state index contributed by atoms with van der Waals surface area (Å²) < 4.78 is 0. The summed E-state index contributed by atoms with van der Waals surface area (Å²) >= 11 is 5.30. The van der Waals surface area contributed by atoms with E-state index in [9.17, 15) is 4.79 Å². The van der Waals surface area contributed by atoms with Gasteiger partial charge >= 0.3 is 0 Å². The molecule has 0 radical (unpaired) electrons. The quantitative estimate of drug-likeness (QED) is 0.549. The summed E-state index contributed by atoms with van der Waals surface area (Å²) in [6, 6.07) is 9.23. The average molecular weight is 213 g/mol. The largest absolute Gasteiger partial charge is 0.295 e. The Balaban J connectivity index is 0.000000292. The van der Waals surface area contributed by atoms with Gasteiger partial charge in [0.25, 0.3) is 0 Å². The maximum atomic E-state index is 10.6. The molecule has 0 bridgehead atoms. The summed E-state index contributed by atoms with van der Waals surface area (Å²) in [5.41, 5.74) is 0.775. The molecule has 2 heteroatoms. The topological polar surface area (TPSA) is 17.1 Å². The zero-order chi connectivity index (χ0) is 10.8. The molecule has 0 fully saturated rings. The van der Waals surface area contributed by atoms with E-state index in [1.807, 2.05) is 30.3 Å². The van der Waals surface area contributed by atoms with E-state index in [0.29, 0.717) is 0 Å². The molecule has 0 saturated carbocycles. The van der Waals surface area contributed by atoms with Gasteiger partial charge in [0.1, 0.15) is 0 Å². The second kappa shape index (κ2) is 8.76. The van der Waals surface area contributed by atoms with Gasteiger partial charge in [-0.2, -0.15) is 0 Å². The molecule has 0 aliphatic rings. The van der Waals surface area contributed by atoms with Crippen molar-refractivity contribution in [2.24, 2.45) is 0 Å². The lowest BCUT2D eigenvalue weighted by Crippen LogP contribution is -1.88. The summed E-state index contributed by atoms with van der Waals surface area (Å²) in [6.45, 7) is 3.69. The number of unbranched alkanes of at least 4 members (excludes halogenated alkanes) is 1. The number of hydrogen-bond acceptors (Lipinski definition) is 1. The summed E-state index contributed by atoms with van der Waals surface area (Å²) in [6.07, 6.45) is 2.37. The van der Waals surface area contributed by atoms with Gasteiger partial charge in [0, 0.05) is 11.4 Å². The SMILES string of the molecule is CC(=O)c1ccccc1.CCCCCl. The molecule has 0 unspecified atom stereocenters. The molecule has 0 aliphatic carbocycles. The van der Waals surface area contributed by atoms with Crippen LogP contribution in [0, 0.1) is 0 Å². The van der Waals surface area contributed by atoms with Crippen molar-refractivity contribution in [3.63, 3.8) is 0 Å². The highest BCUT2D eigenvalue weighted by Crippen LogP contribution is 1.97. The van der Waals surface area contributed by atoms with E-state index < -0.39 is 0 Å². The van der Waals surface area contributed by atoms with Crippen molar-refractivity contribution in [3.8, 4) is 0 Å². The Hall–Kier alpha value is -0.820. The van der Waals surface area contributed by atoms with Crippen LogP contribution in [0.5, 0.6) is 0 Å². The second-order valence-electron chi connectivity index (χ2n) is 2.96. The summed E-state index contributed by atoms with van der Waals surface area (Å²) in [4.78, 5) is 10.6. The predicted molar refractivity (Wildman–Crippen MR) is 62.1 cm³/mol. The molecular weight excluding hydrogens is 196 g/mol. The van der Waals surface area contributed by atoms with E-state index in [-0.39, 0.29) is 5.78 Å². The number of halogens is 1. The van der Waals surface area contributed by atoms with E-state index in [4.69, 9.17) is 11.6 Å². The third-order valence-electron chi connectivity index (χ3n) is 1.67. The fourth-order valence-electron chi connectivity index (χ4n) is 0.806. The first-order valence-corrected chi connectivity index (χ1v) is 5.37. The van der Waals surface area contributed by atoms with Gasteiger partial charge in [0.15, 0.2) is 5.78 Å². The normalized spacial score (nSPS) is 8.79. The van der Waals surface area contributed by atoms with E-state index in [1.165, 1.54) is 6.42 Å². The van der Waals surface area contributed by atoms with Crippen molar-refractivity contribution in [2.75, 3.05) is 5.88 Å². The van der Waals surface area contributed by atoms with Crippen LogP contribution in [0.3, 0.4) is 0 Å². The Kier molecular flexibility index (Phi) is 8.25. The first-order valence-electron chi connectivity index (χ1n) is 4.84. The zero-order valence-electron chi connectivity index (χ0n) is 8.79. The van der Waals surface area contributed by atoms with Crippen LogP contribution in [0.2, 0.25) is 0 Å². The molecule has 0 spiro atoms. The van der Waals surface area contributed by atoms with Crippen molar-refractivity contribution in [3.05, 3.63) is 35.9 Å². The van der Waals surface area contributed by atoms with Gasteiger partial charge in [-0.25, -0.2) is 0 Å². The van der Waals surface area contributed by atoms with Gasteiger partial charge in [-0.1, -0.05) is 43.7 Å². The van der Waals surface area contributed by atoms with Gasteiger partial charge in [-0.15, -0.1) is 11.6 Å². The van der Waals surface area contributed by atoms with Crippen molar-refractivity contribution in [2.45, 2.75) is 26.7 Å². The summed E-state index contributed by atoms with van der Waals surface area (Å²) in [7, 11) is 0. The third-order valence-corrected chi connectivity index (χ3v) is 1.93. The first-order chi connectivity index (χ1) is 6.72. The summed E-state index contributed by atoms with van der Waals surface area (Å²) in [5, 5.41) is 0. The monoisotopic (exact) mass is 212 g/mol. The number of carbonyl (C=O) groups excluding carboxylic acids is 1. The van der Waals surface area contributed by atoms with Crippen LogP contribution in [-0.4, -0.2) is 11.7 Å². The van der Waals surface area contributed by atoms with Crippen molar-refractivity contribution in [1.82, 2.24) is 0 Å². The number of Topliss-reactive ketones (excluding diaryl/α,β-unsaturated/α-hetero) is 1. The number of rotatable bonds is 3. The lowest BCUT2D eigenvalue weighted by atomic mass is 10.2. The molecule has 1 aromatic carbocycles. The molecule has 0 heterocycles. The molecule has 0 N–H and O–H groups in total. The molecule has 0 amide bonds. The molecule has 78 valence electrons. The molecule has 0 atom stereocenters. The molecule has 0 aliphatic heterocycles. The Morgan fingerprint density at radius 1 is 1.29 bits per heavy atom. The van der Waals surface area contributed by atoms with Gasteiger partial charge in [-0.05, 0) is 13.3 Å². The maximum Gasteiger partial charge on any atom is 0.159 e. The molecule has 1 aromatic rings. The maximum absolute atomic E-state index is 10.6. The molecule has 0 saturated heterocycles. The van der Waals surface area contributed by atoms with Gasteiger partial charge in [0.2, 0.25) is 0 Å². The van der Waals surface area contributed by atoms with Crippen LogP contribution in [0.25, 0.3) is 0 Å². The van der Waals surface area contributed by atoms with Crippen molar-refractivity contribution >= 4 is 17.4 Å². The van der Waals surface area contributed by atoms with Crippen LogP contribution < -0.4 is 0 Å². The molecule has 0 aromatic heterocycles. The van der Waals surface area contributed by atoms with Crippen molar-refractivity contribution < 1.29 is 4.79 Å². The molecule has 14 heavy (non-hydrogen) atoms. The molecule has 1 rings (SSSR count). The fraction of sp³-hybridized carbons (Fsp3) is 0.417. The number of carbonyl (C=O) groups is 1. The first kappa shape index (κ1) is 13.2. The second-order valence-corrected chi connectivity index (χ2v) is 3.34. The van der Waals surface area contributed by atoms with Crippen LogP contribution >= 0.6 is 11.6 Å². The highest BCUT2D eigenvalue weighted by Gasteiger charge is 1.92. The minimum Gasteiger partial charge on any atom is -0.295 e. The van der Waals surface area contributed by atoms with Crippen LogP contribution in [-0.2, 0) is 0 Å². The van der Waals surface area contributed by atoms with Crippen LogP contribution in [0.4, 0.5) is 0 Å². The highest BCUT2D eigenvalue weighted by molar-refractivity contribution is 6.17. The highest BCUT2D eigenvalue weighted by atomic mass is 35.5. The van der Waals surface area contributed by atoms with E-state index >= 15 is 0 Å². The lowest BCUT2D eigenvalue weighted by molar-refractivity contribution is 0.101. The number of ketones is 1. The van der Waals surface area contributed by atoms with Gasteiger partial charge < -0.3 is 0 Å². The standard InChI is InChI=1S/C8H8O.C4H9Cl/c1-7(9)8-5-3-2-4-6-8;1-2-3-4-5/h2-6H,1H3;2-4H2,1H3. The van der Waals surface area contributed by atoms with E-state index in [2.05, 4.69) is 6.92 Å². The predicted octanol–water partition coefficient (Wildman–Crippen LogP) is 3.91. The Labute approximate surface area is 91.1 Å².